The number of carbonyl (C=O) groups excluding carboxylic acids is 2. The Morgan fingerprint density at radius 1 is 0.780 bits per heavy atom. The fourth-order valence-corrected chi connectivity index (χ4v) is 4.09. The lowest BCUT2D eigenvalue weighted by Crippen LogP contribution is -2.47. The molecule has 0 aliphatic rings. The molecule has 0 saturated carbocycles. The first-order valence-electron chi connectivity index (χ1n) is 13.5. The largest absolute Gasteiger partial charge is 0.489 e. The maximum absolute atomic E-state index is 12.8. The van der Waals surface area contributed by atoms with E-state index in [4.69, 9.17) is 19.9 Å². The molecule has 0 saturated heterocycles. The number of hydrogen-bond donors (Lipinski definition) is 3. The number of rotatable bonds is 13. The number of benzene rings is 4. The average molecular weight is 554 g/mol. The smallest absolute Gasteiger partial charge is 0.329 e. The van der Waals surface area contributed by atoms with E-state index >= 15 is 0 Å². The highest BCUT2D eigenvalue weighted by Crippen LogP contribution is 2.25. The zero-order valence-electron chi connectivity index (χ0n) is 23.0. The number of nitrogens with two attached hydrogens (primary N) is 1. The Balaban J connectivity index is 1.47. The van der Waals surface area contributed by atoms with Crippen LogP contribution in [-0.4, -0.2) is 24.6 Å². The molecule has 212 valence electrons. The third-order valence-corrected chi connectivity index (χ3v) is 6.26. The van der Waals surface area contributed by atoms with Crippen molar-refractivity contribution in [2.75, 3.05) is 12.3 Å². The first kappa shape index (κ1) is 29.0. The average Bonchev–Trinajstić information content (AvgIpc) is 3.00. The van der Waals surface area contributed by atoms with E-state index in [0.717, 1.165) is 28.0 Å². The quantitative estimate of drug-likeness (QED) is 0.151. The summed E-state index contributed by atoms with van der Waals surface area (Å²) in [6.45, 7) is 2.89. The summed E-state index contributed by atoms with van der Waals surface area (Å²) in [5.41, 5.74) is 9.94. The first-order valence-corrected chi connectivity index (χ1v) is 13.5. The van der Waals surface area contributed by atoms with E-state index in [9.17, 15) is 9.59 Å². The van der Waals surface area contributed by atoms with Crippen LogP contribution in [0, 0.1) is 0 Å². The van der Waals surface area contributed by atoms with Crippen molar-refractivity contribution < 1.29 is 23.8 Å². The van der Waals surface area contributed by atoms with Gasteiger partial charge in [0.05, 0.1) is 6.61 Å². The van der Waals surface area contributed by atoms with Crippen LogP contribution >= 0.6 is 0 Å². The van der Waals surface area contributed by atoms with Gasteiger partial charge in [0.25, 0.3) is 0 Å². The van der Waals surface area contributed by atoms with Crippen LogP contribution in [0.5, 0.6) is 11.5 Å². The molecule has 4 aromatic rings. The molecule has 0 aliphatic heterocycles. The number of hydrogen-bond acceptors (Lipinski definition) is 6. The Labute approximate surface area is 240 Å². The molecule has 8 heteroatoms. The third-order valence-electron chi connectivity index (χ3n) is 6.26. The van der Waals surface area contributed by atoms with Gasteiger partial charge in [-0.1, -0.05) is 72.8 Å². The summed E-state index contributed by atoms with van der Waals surface area (Å²) in [4.78, 5) is 25.5. The predicted octanol–water partition coefficient (Wildman–Crippen LogP) is 5.40. The van der Waals surface area contributed by atoms with Crippen LogP contribution in [-0.2, 0) is 35.7 Å². The summed E-state index contributed by atoms with van der Waals surface area (Å²) in [5, 5.41) is 5.54. The number of amides is 2. The molecule has 0 radical (unpaired) electrons. The maximum Gasteiger partial charge on any atom is 0.329 e. The van der Waals surface area contributed by atoms with E-state index in [2.05, 4.69) is 10.6 Å². The molecule has 4 aromatic carbocycles. The predicted molar refractivity (Wildman–Crippen MR) is 158 cm³/mol. The minimum absolute atomic E-state index is 0.200. The van der Waals surface area contributed by atoms with E-state index in [1.54, 1.807) is 19.1 Å². The standard InChI is InChI=1S/C33H35N3O5/c1-2-39-32(37)30(36-33(38)35-21-24-14-17-28(34)18-15-24)19-26-13-16-27(23-40-29-11-7-4-8-12-29)31(20-26)41-22-25-9-5-3-6-10-25/h3-18,20,30H,2,19,21-23,34H2,1H3,(H2,35,36,38)/t30-/m0/s1. The number of urea groups is 1. The molecule has 0 bridgehead atoms. The van der Waals surface area contributed by atoms with Crippen LogP contribution in [0.25, 0.3) is 0 Å². The van der Waals surface area contributed by atoms with Crippen LogP contribution in [0.15, 0.2) is 103 Å². The monoisotopic (exact) mass is 553 g/mol. The second-order valence-corrected chi connectivity index (χ2v) is 9.40. The molecule has 4 rings (SSSR count). The van der Waals surface area contributed by atoms with Gasteiger partial charge in [0, 0.05) is 24.2 Å². The van der Waals surface area contributed by atoms with Crippen molar-refractivity contribution in [3.63, 3.8) is 0 Å². The van der Waals surface area contributed by atoms with E-state index in [1.165, 1.54) is 0 Å². The number of para-hydroxylation sites is 1. The number of nitrogen functional groups attached to an aromatic ring is 1. The fraction of sp³-hybridized carbons (Fsp3) is 0.212. The van der Waals surface area contributed by atoms with Gasteiger partial charge in [-0.15, -0.1) is 0 Å². The molecule has 0 aromatic heterocycles. The van der Waals surface area contributed by atoms with Crippen molar-refractivity contribution in [1.82, 2.24) is 10.6 Å². The van der Waals surface area contributed by atoms with Gasteiger partial charge in [-0.3, -0.25) is 0 Å². The number of ether oxygens (including phenoxy) is 3. The van der Waals surface area contributed by atoms with E-state index in [0.29, 0.717) is 24.7 Å². The van der Waals surface area contributed by atoms with E-state index < -0.39 is 18.0 Å². The van der Waals surface area contributed by atoms with Gasteiger partial charge < -0.3 is 30.6 Å². The summed E-state index contributed by atoms with van der Waals surface area (Å²) < 4.78 is 17.4. The molecular formula is C33H35N3O5. The van der Waals surface area contributed by atoms with Gasteiger partial charge in [-0.2, -0.15) is 0 Å². The van der Waals surface area contributed by atoms with E-state index in [-0.39, 0.29) is 19.6 Å². The van der Waals surface area contributed by atoms with Gasteiger partial charge in [0.2, 0.25) is 0 Å². The van der Waals surface area contributed by atoms with Gasteiger partial charge in [-0.05, 0) is 53.9 Å². The van der Waals surface area contributed by atoms with Crippen molar-refractivity contribution in [2.24, 2.45) is 0 Å². The van der Waals surface area contributed by atoms with Gasteiger partial charge >= 0.3 is 12.0 Å². The minimum Gasteiger partial charge on any atom is -0.489 e. The Morgan fingerprint density at radius 3 is 2.17 bits per heavy atom. The molecule has 8 nitrogen and oxygen atoms in total. The highest BCUT2D eigenvalue weighted by molar-refractivity contribution is 5.83. The van der Waals surface area contributed by atoms with Crippen LogP contribution in [0.3, 0.4) is 0 Å². The Bertz CT molecular complexity index is 1400. The molecule has 0 fully saturated rings. The lowest BCUT2D eigenvalue weighted by atomic mass is 10.0. The highest BCUT2D eigenvalue weighted by atomic mass is 16.5. The summed E-state index contributed by atoms with van der Waals surface area (Å²) in [6.07, 6.45) is 0.218. The van der Waals surface area contributed by atoms with Crippen LogP contribution in [0.2, 0.25) is 0 Å². The normalized spacial score (nSPS) is 11.2. The Kier molecular flexibility index (Phi) is 10.6. The number of esters is 1. The Hall–Kier alpha value is -4.98. The maximum atomic E-state index is 12.8. The second kappa shape index (κ2) is 15.0. The molecule has 0 spiro atoms. The van der Waals surface area contributed by atoms with Crippen molar-refractivity contribution in [2.45, 2.75) is 39.1 Å². The lowest BCUT2D eigenvalue weighted by molar-refractivity contribution is -0.145. The fourth-order valence-electron chi connectivity index (χ4n) is 4.09. The van der Waals surface area contributed by atoms with Crippen molar-refractivity contribution in [3.8, 4) is 11.5 Å². The van der Waals surface area contributed by atoms with Crippen LogP contribution in [0.1, 0.15) is 29.2 Å². The summed E-state index contributed by atoms with van der Waals surface area (Å²) in [6, 6.07) is 30.9. The van der Waals surface area contributed by atoms with Crippen LogP contribution in [0.4, 0.5) is 10.5 Å². The van der Waals surface area contributed by atoms with Crippen LogP contribution < -0.4 is 25.8 Å². The summed E-state index contributed by atoms with van der Waals surface area (Å²) in [7, 11) is 0. The topological polar surface area (TPSA) is 112 Å². The van der Waals surface area contributed by atoms with Crippen molar-refractivity contribution >= 4 is 17.7 Å². The van der Waals surface area contributed by atoms with Crippen molar-refractivity contribution in [1.29, 1.82) is 0 Å². The SMILES string of the molecule is CCOC(=O)[C@H](Cc1ccc(COc2ccccc2)c(OCc2ccccc2)c1)NC(=O)NCc1ccc(N)cc1. The summed E-state index contributed by atoms with van der Waals surface area (Å²) in [5.74, 6) is 0.873. The zero-order valence-corrected chi connectivity index (χ0v) is 23.0. The van der Waals surface area contributed by atoms with Gasteiger partial charge in [0.1, 0.15) is 30.8 Å². The summed E-state index contributed by atoms with van der Waals surface area (Å²) >= 11 is 0. The second-order valence-electron chi connectivity index (χ2n) is 9.40. The molecule has 2 amide bonds. The molecule has 0 aliphatic carbocycles. The third kappa shape index (κ3) is 9.32. The molecule has 0 heterocycles. The molecule has 1 atom stereocenters. The number of nitrogens with one attached hydrogen (secondary N) is 2. The lowest BCUT2D eigenvalue weighted by Gasteiger charge is -2.19. The molecule has 0 unspecified atom stereocenters. The number of carbonyl (C=O) groups is 2. The molecular weight excluding hydrogens is 518 g/mol. The zero-order chi connectivity index (χ0) is 28.9. The van der Waals surface area contributed by atoms with Crippen molar-refractivity contribution in [3.05, 3.63) is 125 Å². The van der Waals surface area contributed by atoms with Gasteiger partial charge in [-0.25, -0.2) is 9.59 Å². The number of anilines is 1. The molecule has 41 heavy (non-hydrogen) atoms. The van der Waals surface area contributed by atoms with Gasteiger partial charge in [0.15, 0.2) is 0 Å². The highest BCUT2D eigenvalue weighted by Gasteiger charge is 2.23. The molecule has 4 N–H and O–H groups in total. The first-order chi connectivity index (χ1) is 20.0. The Morgan fingerprint density at radius 2 is 1.46 bits per heavy atom. The van der Waals surface area contributed by atoms with E-state index in [1.807, 2.05) is 91.0 Å². The minimum atomic E-state index is -0.894.